The number of nitriles is 1. The fraction of sp³-hybridized carbons (Fsp3) is 0.111. The van der Waals surface area contributed by atoms with Crippen LogP contribution in [0.3, 0.4) is 0 Å². The number of halogens is 2. The molecule has 0 aliphatic rings. The molecule has 0 aromatic heterocycles. The Kier molecular flexibility index (Phi) is 5.21. The van der Waals surface area contributed by atoms with Crippen LogP contribution < -0.4 is 4.74 Å². The van der Waals surface area contributed by atoms with E-state index in [1.54, 1.807) is 37.3 Å². The minimum absolute atomic E-state index is 0.0900. The van der Waals surface area contributed by atoms with Crippen molar-refractivity contribution in [1.82, 2.24) is 0 Å². The lowest BCUT2D eigenvalue weighted by atomic mass is 9.98. The molecule has 0 amide bonds. The summed E-state index contributed by atoms with van der Waals surface area (Å²) in [4.78, 5) is 12.5. The van der Waals surface area contributed by atoms with Crippen molar-refractivity contribution in [1.29, 1.82) is 5.26 Å². The molecule has 0 radical (unpaired) electrons. The maximum absolute atomic E-state index is 12.5. The number of carbonyl (C=O) groups is 1. The monoisotopic (exact) mass is 313 g/mol. The van der Waals surface area contributed by atoms with Crippen LogP contribution in [-0.4, -0.2) is 12.4 Å². The van der Waals surface area contributed by atoms with Gasteiger partial charge in [0.1, 0.15) is 17.4 Å². The smallest absolute Gasteiger partial charge is 0.387 e. The fourth-order valence-corrected chi connectivity index (χ4v) is 2.08. The number of benzene rings is 2. The second kappa shape index (κ2) is 7.32. The molecular weight excluding hydrogens is 300 g/mol. The summed E-state index contributed by atoms with van der Waals surface area (Å²) in [5.74, 6) is -0.551. The van der Waals surface area contributed by atoms with Gasteiger partial charge in [-0.1, -0.05) is 42.5 Å². The topological polar surface area (TPSA) is 50.1 Å². The zero-order chi connectivity index (χ0) is 16.8. The van der Waals surface area contributed by atoms with Gasteiger partial charge >= 0.3 is 6.61 Å². The summed E-state index contributed by atoms with van der Waals surface area (Å²) in [5.41, 5.74) is 1.22. The average molecular weight is 313 g/mol. The highest BCUT2D eigenvalue weighted by molar-refractivity contribution is 6.14. The Bertz CT molecular complexity index is 792. The first kappa shape index (κ1) is 16.4. The standard InChI is InChI=1S/C18H13F2NO2/c1-12-6-2-4-8-15(12)17(22)14(11-21)10-13-7-3-5-9-16(13)23-18(19)20/h2-10,18H,1H3/b14-10+. The van der Waals surface area contributed by atoms with E-state index in [4.69, 9.17) is 0 Å². The molecule has 2 rings (SSSR count). The van der Waals surface area contributed by atoms with Crippen molar-refractivity contribution >= 4 is 11.9 Å². The van der Waals surface area contributed by atoms with Gasteiger partial charge in [-0.25, -0.2) is 0 Å². The summed E-state index contributed by atoms with van der Waals surface area (Å²) >= 11 is 0. The number of ether oxygens (including phenoxy) is 1. The number of rotatable bonds is 5. The Hall–Kier alpha value is -3.00. The van der Waals surface area contributed by atoms with Crippen LogP contribution in [0, 0.1) is 18.3 Å². The number of allylic oxidation sites excluding steroid dienone is 1. The Morgan fingerprint density at radius 1 is 1.17 bits per heavy atom. The Morgan fingerprint density at radius 3 is 2.48 bits per heavy atom. The highest BCUT2D eigenvalue weighted by Crippen LogP contribution is 2.24. The van der Waals surface area contributed by atoms with Crippen LogP contribution in [0.2, 0.25) is 0 Å². The van der Waals surface area contributed by atoms with Crippen molar-refractivity contribution in [2.45, 2.75) is 13.5 Å². The second-order valence-electron chi connectivity index (χ2n) is 4.73. The Balaban J connectivity index is 2.43. The molecule has 0 N–H and O–H groups in total. The van der Waals surface area contributed by atoms with E-state index in [2.05, 4.69) is 4.74 Å². The van der Waals surface area contributed by atoms with Gasteiger partial charge in [-0.3, -0.25) is 4.79 Å². The molecule has 0 bridgehead atoms. The van der Waals surface area contributed by atoms with E-state index in [9.17, 15) is 18.8 Å². The lowest BCUT2D eigenvalue weighted by molar-refractivity contribution is -0.0499. The molecule has 0 atom stereocenters. The number of alkyl halides is 2. The van der Waals surface area contributed by atoms with Gasteiger partial charge in [-0.2, -0.15) is 14.0 Å². The van der Waals surface area contributed by atoms with E-state index in [0.29, 0.717) is 5.56 Å². The van der Waals surface area contributed by atoms with Crippen LogP contribution in [0.5, 0.6) is 5.75 Å². The maximum atomic E-state index is 12.5. The molecule has 23 heavy (non-hydrogen) atoms. The van der Waals surface area contributed by atoms with Gasteiger partial charge in [0.15, 0.2) is 0 Å². The predicted molar refractivity (Wildman–Crippen MR) is 82.2 cm³/mol. The average Bonchev–Trinajstić information content (AvgIpc) is 2.53. The van der Waals surface area contributed by atoms with Gasteiger partial charge in [-0.05, 0) is 24.6 Å². The molecule has 0 heterocycles. The van der Waals surface area contributed by atoms with Crippen molar-refractivity contribution in [2.24, 2.45) is 0 Å². The highest BCUT2D eigenvalue weighted by Gasteiger charge is 2.15. The van der Waals surface area contributed by atoms with Gasteiger partial charge in [0, 0.05) is 11.1 Å². The molecule has 3 nitrogen and oxygen atoms in total. The van der Waals surface area contributed by atoms with Crippen LogP contribution in [0.4, 0.5) is 8.78 Å². The van der Waals surface area contributed by atoms with Crippen molar-refractivity contribution in [3.8, 4) is 11.8 Å². The van der Waals surface area contributed by atoms with Crippen molar-refractivity contribution < 1.29 is 18.3 Å². The molecule has 0 aliphatic carbocycles. The minimum Gasteiger partial charge on any atom is -0.434 e. The van der Waals surface area contributed by atoms with E-state index in [0.717, 1.165) is 5.56 Å². The van der Waals surface area contributed by atoms with Gasteiger partial charge in [0.2, 0.25) is 5.78 Å². The number of para-hydroxylation sites is 1. The van der Waals surface area contributed by atoms with Crippen LogP contribution in [0.1, 0.15) is 21.5 Å². The van der Waals surface area contributed by atoms with Gasteiger partial charge < -0.3 is 4.74 Å². The number of Topliss-reactive ketones (excluding diaryl/α,β-unsaturated/α-hetero) is 1. The van der Waals surface area contributed by atoms with E-state index in [-0.39, 0.29) is 16.9 Å². The van der Waals surface area contributed by atoms with E-state index < -0.39 is 12.4 Å². The lowest BCUT2D eigenvalue weighted by Gasteiger charge is -2.08. The third kappa shape index (κ3) is 4.01. The molecular formula is C18H13F2NO2. The molecule has 0 spiro atoms. The summed E-state index contributed by atoms with van der Waals surface area (Å²) < 4.78 is 29.2. The molecule has 2 aromatic rings. The van der Waals surface area contributed by atoms with Gasteiger partial charge in [-0.15, -0.1) is 0 Å². The van der Waals surface area contributed by atoms with Crippen molar-refractivity contribution in [3.63, 3.8) is 0 Å². The van der Waals surface area contributed by atoms with E-state index in [1.165, 1.54) is 24.3 Å². The summed E-state index contributed by atoms with van der Waals surface area (Å²) in [7, 11) is 0. The predicted octanol–water partition coefficient (Wildman–Crippen LogP) is 4.39. The third-order valence-corrected chi connectivity index (χ3v) is 3.19. The van der Waals surface area contributed by atoms with Crippen LogP contribution in [-0.2, 0) is 0 Å². The quantitative estimate of drug-likeness (QED) is 0.467. The maximum Gasteiger partial charge on any atom is 0.387 e. The van der Waals surface area contributed by atoms with Crippen LogP contribution >= 0.6 is 0 Å². The first-order chi connectivity index (χ1) is 11.0. The summed E-state index contributed by atoms with van der Waals surface area (Å²) in [6.45, 7) is -1.22. The summed E-state index contributed by atoms with van der Waals surface area (Å²) in [6, 6.07) is 14.7. The second-order valence-corrected chi connectivity index (χ2v) is 4.73. The number of nitrogens with zero attached hydrogens (tertiary/aromatic N) is 1. The molecule has 0 saturated carbocycles. The molecule has 0 fully saturated rings. The number of carbonyl (C=O) groups excluding carboxylic acids is 1. The van der Waals surface area contributed by atoms with Gasteiger partial charge in [0.25, 0.3) is 0 Å². The highest BCUT2D eigenvalue weighted by atomic mass is 19.3. The van der Waals surface area contributed by atoms with Gasteiger partial charge in [0.05, 0.1) is 0 Å². The number of hydrogen-bond donors (Lipinski definition) is 0. The van der Waals surface area contributed by atoms with Crippen LogP contribution in [0.15, 0.2) is 54.1 Å². The first-order valence-corrected chi connectivity index (χ1v) is 6.79. The Labute approximate surface area is 132 Å². The number of hydrogen-bond acceptors (Lipinski definition) is 3. The largest absolute Gasteiger partial charge is 0.434 e. The Morgan fingerprint density at radius 2 is 1.83 bits per heavy atom. The molecule has 116 valence electrons. The third-order valence-electron chi connectivity index (χ3n) is 3.19. The van der Waals surface area contributed by atoms with Crippen molar-refractivity contribution in [2.75, 3.05) is 0 Å². The molecule has 0 saturated heterocycles. The molecule has 0 aliphatic heterocycles. The first-order valence-electron chi connectivity index (χ1n) is 6.79. The lowest BCUT2D eigenvalue weighted by Crippen LogP contribution is -2.05. The molecule has 0 unspecified atom stereocenters. The van der Waals surface area contributed by atoms with E-state index >= 15 is 0 Å². The number of aryl methyl sites for hydroxylation is 1. The summed E-state index contributed by atoms with van der Waals surface area (Å²) in [6.07, 6.45) is 1.26. The number of ketones is 1. The molecule has 2 aromatic carbocycles. The van der Waals surface area contributed by atoms with Crippen LogP contribution in [0.25, 0.3) is 6.08 Å². The zero-order valence-corrected chi connectivity index (χ0v) is 12.3. The van der Waals surface area contributed by atoms with E-state index in [1.807, 2.05) is 6.07 Å². The zero-order valence-electron chi connectivity index (χ0n) is 12.3. The minimum atomic E-state index is -2.98. The fourth-order valence-electron chi connectivity index (χ4n) is 2.08. The SMILES string of the molecule is Cc1ccccc1C(=O)/C(C#N)=C/c1ccccc1OC(F)F. The molecule has 5 heteroatoms. The summed E-state index contributed by atoms with van der Waals surface area (Å²) in [5, 5.41) is 9.25. The normalized spacial score (nSPS) is 11.2. The van der Waals surface area contributed by atoms with Crippen molar-refractivity contribution in [3.05, 3.63) is 70.8 Å².